The van der Waals surface area contributed by atoms with Crippen LogP contribution in [0.1, 0.15) is 27.0 Å². The van der Waals surface area contributed by atoms with Gasteiger partial charge in [-0.05, 0) is 84.6 Å². The summed E-state index contributed by atoms with van der Waals surface area (Å²) in [5, 5.41) is 0. The molecule has 3 nitrogen and oxygen atoms in total. The summed E-state index contributed by atoms with van der Waals surface area (Å²) in [6.07, 6.45) is 2.12. The van der Waals surface area contributed by atoms with E-state index in [1.807, 2.05) is 24.3 Å². The fourth-order valence-electron chi connectivity index (χ4n) is 4.97. The highest BCUT2D eigenvalue weighted by Gasteiger charge is 2.21. The molecule has 0 atom stereocenters. The number of carbonyl (C=O) groups excluding carboxylic acids is 1. The van der Waals surface area contributed by atoms with Crippen molar-refractivity contribution in [2.24, 2.45) is 0 Å². The first-order chi connectivity index (χ1) is 15.8. The Kier molecular flexibility index (Phi) is 4.53. The van der Waals surface area contributed by atoms with E-state index < -0.39 is 0 Å². The largest absolute Gasteiger partial charge is 0.341 e. The van der Waals surface area contributed by atoms with Crippen molar-refractivity contribution in [1.82, 2.24) is 0 Å². The van der Waals surface area contributed by atoms with Gasteiger partial charge in [0.25, 0.3) is 0 Å². The predicted molar refractivity (Wildman–Crippen MR) is 131 cm³/mol. The normalized spacial score (nSPS) is 14.4. The lowest BCUT2D eigenvalue weighted by Crippen LogP contribution is -2.14. The van der Waals surface area contributed by atoms with Gasteiger partial charge in [0.2, 0.25) is 0 Å². The van der Waals surface area contributed by atoms with E-state index in [9.17, 15) is 4.79 Å². The lowest BCUT2D eigenvalue weighted by atomic mass is 10.0. The predicted octanol–water partition coefficient (Wildman–Crippen LogP) is 6.31. The van der Waals surface area contributed by atoms with Crippen molar-refractivity contribution >= 4 is 28.5 Å². The number of hydrogen-bond donors (Lipinski definition) is 0. The van der Waals surface area contributed by atoms with Gasteiger partial charge in [-0.15, -0.1) is 0 Å². The molecular formula is C29H24N2O. The van der Waals surface area contributed by atoms with Crippen LogP contribution in [0, 0.1) is 0 Å². The minimum Gasteiger partial charge on any atom is -0.341 e. The highest BCUT2D eigenvalue weighted by Crippen LogP contribution is 2.35. The van der Waals surface area contributed by atoms with Gasteiger partial charge in [-0.2, -0.15) is 0 Å². The summed E-state index contributed by atoms with van der Waals surface area (Å²) < 4.78 is 0. The zero-order valence-corrected chi connectivity index (χ0v) is 17.9. The van der Waals surface area contributed by atoms with Crippen molar-refractivity contribution in [2.45, 2.75) is 12.8 Å². The molecule has 0 saturated carbocycles. The van der Waals surface area contributed by atoms with Gasteiger partial charge in [0, 0.05) is 47.0 Å². The topological polar surface area (TPSA) is 23.6 Å². The van der Waals surface area contributed by atoms with Gasteiger partial charge < -0.3 is 9.80 Å². The molecule has 0 radical (unpaired) electrons. The molecule has 156 valence electrons. The Morgan fingerprint density at radius 2 is 0.938 bits per heavy atom. The molecule has 0 aromatic heterocycles. The number of carbonyl (C=O) groups is 1. The molecule has 0 fully saturated rings. The van der Waals surface area contributed by atoms with Crippen LogP contribution < -0.4 is 9.80 Å². The molecule has 3 heteroatoms. The van der Waals surface area contributed by atoms with Crippen LogP contribution in [0.3, 0.4) is 0 Å². The number of anilines is 4. The Hall–Kier alpha value is -3.85. The van der Waals surface area contributed by atoms with Crippen molar-refractivity contribution in [3.8, 4) is 0 Å². The third-order valence-corrected chi connectivity index (χ3v) is 6.66. The molecule has 4 aromatic rings. The smallest absolute Gasteiger partial charge is 0.193 e. The van der Waals surface area contributed by atoms with Gasteiger partial charge in [-0.25, -0.2) is 0 Å². The molecule has 32 heavy (non-hydrogen) atoms. The van der Waals surface area contributed by atoms with Crippen LogP contribution >= 0.6 is 0 Å². The Morgan fingerprint density at radius 1 is 0.531 bits per heavy atom. The second-order valence-electron chi connectivity index (χ2n) is 8.48. The summed E-state index contributed by atoms with van der Waals surface area (Å²) in [6.45, 7) is 1.96. The van der Waals surface area contributed by atoms with E-state index in [-0.39, 0.29) is 5.78 Å². The summed E-state index contributed by atoms with van der Waals surface area (Å²) in [4.78, 5) is 17.7. The maximum atomic E-state index is 13.1. The van der Waals surface area contributed by atoms with Crippen molar-refractivity contribution in [1.29, 1.82) is 0 Å². The molecule has 0 unspecified atom stereocenters. The first-order valence-electron chi connectivity index (χ1n) is 11.2. The molecule has 2 aliphatic rings. The highest BCUT2D eigenvalue weighted by molar-refractivity contribution is 6.09. The third kappa shape index (κ3) is 3.18. The monoisotopic (exact) mass is 416 g/mol. The first-order valence-corrected chi connectivity index (χ1v) is 11.2. The van der Waals surface area contributed by atoms with E-state index in [1.54, 1.807) is 0 Å². The van der Waals surface area contributed by atoms with Gasteiger partial charge in [-0.3, -0.25) is 4.79 Å². The molecule has 4 aromatic carbocycles. The molecule has 0 saturated heterocycles. The van der Waals surface area contributed by atoms with Gasteiger partial charge in [0.05, 0.1) is 0 Å². The molecule has 0 N–H and O–H groups in total. The quantitative estimate of drug-likeness (QED) is 0.365. The summed E-state index contributed by atoms with van der Waals surface area (Å²) >= 11 is 0. The summed E-state index contributed by atoms with van der Waals surface area (Å²) in [6, 6.07) is 33.1. The Labute approximate surface area is 188 Å². The van der Waals surface area contributed by atoms with Crippen LogP contribution in [0.2, 0.25) is 0 Å². The molecule has 0 aliphatic carbocycles. The van der Waals surface area contributed by atoms with Crippen molar-refractivity contribution in [3.05, 3.63) is 119 Å². The number of ketones is 1. The Morgan fingerprint density at radius 3 is 1.38 bits per heavy atom. The highest BCUT2D eigenvalue weighted by atomic mass is 16.1. The molecule has 0 bridgehead atoms. The minimum atomic E-state index is 0.0618. The minimum absolute atomic E-state index is 0.0618. The van der Waals surface area contributed by atoms with Crippen LogP contribution in [0.15, 0.2) is 97.1 Å². The number of benzene rings is 4. The average molecular weight is 417 g/mol. The molecular weight excluding hydrogens is 392 g/mol. The van der Waals surface area contributed by atoms with E-state index in [0.29, 0.717) is 0 Å². The molecule has 6 rings (SSSR count). The Balaban J connectivity index is 1.21. The lowest BCUT2D eigenvalue weighted by Gasteiger charge is -2.20. The standard InChI is InChI=1S/C29H24N2O/c32-29(23-9-13-25(14-10-23)30-19-17-21-5-1-3-7-27(21)30)24-11-15-26(16-12-24)31-20-18-22-6-2-4-8-28(22)31/h1-16H,17-20H2. The van der Waals surface area contributed by atoms with Gasteiger partial charge >= 0.3 is 0 Å². The number of rotatable bonds is 4. The van der Waals surface area contributed by atoms with Crippen LogP contribution in [-0.2, 0) is 12.8 Å². The molecule has 2 heterocycles. The average Bonchev–Trinajstić information content (AvgIpc) is 3.48. The molecule has 2 aliphatic heterocycles. The molecule has 0 amide bonds. The van der Waals surface area contributed by atoms with E-state index in [2.05, 4.69) is 82.6 Å². The van der Waals surface area contributed by atoms with Crippen molar-refractivity contribution in [2.75, 3.05) is 22.9 Å². The fourth-order valence-corrected chi connectivity index (χ4v) is 4.97. The van der Waals surface area contributed by atoms with Crippen LogP contribution in [0.25, 0.3) is 0 Å². The van der Waals surface area contributed by atoms with Crippen LogP contribution in [-0.4, -0.2) is 18.9 Å². The summed E-state index contributed by atoms with van der Waals surface area (Å²) in [7, 11) is 0. The van der Waals surface area contributed by atoms with E-state index in [1.165, 1.54) is 22.5 Å². The maximum absolute atomic E-state index is 13.1. The maximum Gasteiger partial charge on any atom is 0.193 e. The van der Waals surface area contributed by atoms with E-state index in [0.717, 1.165) is 48.4 Å². The van der Waals surface area contributed by atoms with Crippen LogP contribution in [0.5, 0.6) is 0 Å². The second-order valence-corrected chi connectivity index (χ2v) is 8.48. The fraction of sp³-hybridized carbons (Fsp3) is 0.138. The number of fused-ring (bicyclic) bond motifs is 2. The number of para-hydroxylation sites is 2. The zero-order chi connectivity index (χ0) is 21.5. The number of nitrogens with zero attached hydrogens (tertiary/aromatic N) is 2. The summed E-state index contributed by atoms with van der Waals surface area (Å²) in [5.74, 6) is 0.0618. The molecule has 0 spiro atoms. The third-order valence-electron chi connectivity index (χ3n) is 6.66. The van der Waals surface area contributed by atoms with Gasteiger partial charge in [0.15, 0.2) is 5.78 Å². The van der Waals surface area contributed by atoms with Gasteiger partial charge in [-0.1, -0.05) is 36.4 Å². The Bertz CT molecular complexity index is 1190. The SMILES string of the molecule is O=C(c1ccc(N2CCc3ccccc32)cc1)c1ccc(N2CCc3ccccc32)cc1. The van der Waals surface area contributed by atoms with Gasteiger partial charge in [0.1, 0.15) is 0 Å². The van der Waals surface area contributed by atoms with Crippen molar-refractivity contribution in [3.63, 3.8) is 0 Å². The first kappa shape index (κ1) is 18.9. The van der Waals surface area contributed by atoms with Crippen molar-refractivity contribution < 1.29 is 4.79 Å². The zero-order valence-electron chi connectivity index (χ0n) is 17.9. The summed E-state index contributed by atoms with van der Waals surface area (Å²) in [5.41, 5.74) is 9.02. The second kappa shape index (κ2) is 7.69. The number of hydrogen-bond acceptors (Lipinski definition) is 3. The van der Waals surface area contributed by atoms with E-state index >= 15 is 0 Å². The van der Waals surface area contributed by atoms with Crippen LogP contribution in [0.4, 0.5) is 22.7 Å². The van der Waals surface area contributed by atoms with E-state index in [4.69, 9.17) is 0 Å². The lowest BCUT2D eigenvalue weighted by molar-refractivity contribution is 0.103.